The van der Waals surface area contributed by atoms with Gasteiger partial charge in [-0.2, -0.15) is 0 Å². The Morgan fingerprint density at radius 2 is 2.05 bits per heavy atom. The summed E-state index contributed by atoms with van der Waals surface area (Å²) in [7, 11) is 0. The number of nitrogen functional groups attached to an aromatic ring is 1. The SMILES string of the molecule is CCN1CCC(CCNC(=O)CCc2ccccc2N)CC1. The van der Waals surface area contributed by atoms with Gasteiger partial charge >= 0.3 is 0 Å². The molecule has 22 heavy (non-hydrogen) atoms. The summed E-state index contributed by atoms with van der Waals surface area (Å²) in [4.78, 5) is 14.4. The van der Waals surface area contributed by atoms with E-state index in [2.05, 4.69) is 17.1 Å². The van der Waals surface area contributed by atoms with Crippen molar-refractivity contribution in [2.24, 2.45) is 5.92 Å². The number of piperidine rings is 1. The predicted octanol–water partition coefficient (Wildman–Crippen LogP) is 2.44. The first-order chi connectivity index (χ1) is 10.7. The molecule has 1 aromatic rings. The highest BCUT2D eigenvalue weighted by molar-refractivity contribution is 5.76. The number of carbonyl (C=O) groups is 1. The van der Waals surface area contributed by atoms with Gasteiger partial charge in [0.15, 0.2) is 0 Å². The number of anilines is 1. The smallest absolute Gasteiger partial charge is 0.220 e. The van der Waals surface area contributed by atoms with Crippen molar-refractivity contribution in [2.75, 3.05) is 31.9 Å². The summed E-state index contributed by atoms with van der Waals surface area (Å²) in [5, 5.41) is 3.05. The van der Waals surface area contributed by atoms with Crippen LogP contribution in [0, 0.1) is 5.92 Å². The van der Waals surface area contributed by atoms with Gasteiger partial charge in [-0.25, -0.2) is 0 Å². The molecule has 3 N–H and O–H groups in total. The van der Waals surface area contributed by atoms with Crippen LogP contribution in [0.25, 0.3) is 0 Å². The summed E-state index contributed by atoms with van der Waals surface area (Å²) in [5.41, 5.74) is 7.73. The van der Waals surface area contributed by atoms with Crippen LogP contribution in [0.2, 0.25) is 0 Å². The van der Waals surface area contributed by atoms with Crippen LogP contribution in [-0.2, 0) is 11.2 Å². The van der Waals surface area contributed by atoms with Crippen molar-refractivity contribution in [1.82, 2.24) is 10.2 Å². The molecule has 4 nitrogen and oxygen atoms in total. The predicted molar refractivity (Wildman–Crippen MR) is 91.6 cm³/mol. The molecule has 0 aliphatic carbocycles. The first-order valence-corrected chi connectivity index (χ1v) is 8.51. The van der Waals surface area contributed by atoms with Gasteiger partial charge in [0.1, 0.15) is 0 Å². The minimum absolute atomic E-state index is 0.134. The monoisotopic (exact) mass is 303 g/mol. The summed E-state index contributed by atoms with van der Waals surface area (Å²) >= 11 is 0. The number of hydrogen-bond donors (Lipinski definition) is 2. The lowest BCUT2D eigenvalue weighted by Gasteiger charge is -2.31. The van der Waals surface area contributed by atoms with Crippen LogP contribution < -0.4 is 11.1 Å². The van der Waals surface area contributed by atoms with Crippen molar-refractivity contribution in [2.45, 2.75) is 39.0 Å². The zero-order valence-corrected chi connectivity index (χ0v) is 13.7. The highest BCUT2D eigenvalue weighted by atomic mass is 16.1. The van der Waals surface area contributed by atoms with Crippen molar-refractivity contribution in [1.29, 1.82) is 0 Å². The van der Waals surface area contributed by atoms with Crippen molar-refractivity contribution in [3.05, 3.63) is 29.8 Å². The van der Waals surface area contributed by atoms with E-state index >= 15 is 0 Å². The zero-order chi connectivity index (χ0) is 15.8. The Labute approximate surface area is 134 Å². The summed E-state index contributed by atoms with van der Waals surface area (Å²) in [6.07, 6.45) is 4.88. The van der Waals surface area contributed by atoms with E-state index in [0.29, 0.717) is 12.8 Å². The molecule has 122 valence electrons. The van der Waals surface area contributed by atoms with Crippen molar-refractivity contribution < 1.29 is 4.79 Å². The summed E-state index contributed by atoms with van der Waals surface area (Å²) in [6, 6.07) is 7.76. The number of likely N-dealkylation sites (tertiary alicyclic amines) is 1. The molecular weight excluding hydrogens is 274 g/mol. The maximum atomic E-state index is 11.9. The molecule has 4 heteroatoms. The first kappa shape index (κ1) is 16.8. The lowest BCUT2D eigenvalue weighted by Crippen LogP contribution is -2.35. The van der Waals surface area contributed by atoms with Crippen molar-refractivity contribution in [3.63, 3.8) is 0 Å². The minimum Gasteiger partial charge on any atom is -0.399 e. The Morgan fingerprint density at radius 1 is 1.32 bits per heavy atom. The number of nitrogens with one attached hydrogen (secondary N) is 1. The number of nitrogens with zero attached hydrogens (tertiary/aromatic N) is 1. The lowest BCUT2D eigenvalue weighted by atomic mass is 9.93. The summed E-state index contributed by atoms with van der Waals surface area (Å²) in [5.74, 6) is 0.905. The van der Waals surface area contributed by atoms with Gasteiger partial charge < -0.3 is 16.0 Å². The van der Waals surface area contributed by atoms with Gasteiger partial charge in [0, 0.05) is 18.7 Å². The second kappa shape index (κ2) is 8.79. The maximum absolute atomic E-state index is 11.9. The number of nitrogens with two attached hydrogens (primary N) is 1. The van der Waals surface area contributed by atoms with E-state index in [0.717, 1.165) is 36.7 Å². The Hall–Kier alpha value is -1.55. The second-order valence-electron chi connectivity index (χ2n) is 6.22. The van der Waals surface area contributed by atoms with Crippen LogP contribution >= 0.6 is 0 Å². The first-order valence-electron chi connectivity index (χ1n) is 8.51. The van der Waals surface area contributed by atoms with E-state index in [1.165, 1.54) is 25.9 Å². The zero-order valence-electron chi connectivity index (χ0n) is 13.7. The van der Waals surface area contributed by atoms with E-state index in [1.807, 2.05) is 24.3 Å². The van der Waals surface area contributed by atoms with Gasteiger partial charge in [0.05, 0.1) is 0 Å². The van der Waals surface area contributed by atoms with E-state index in [4.69, 9.17) is 5.73 Å². The molecule has 0 unspecified atom stereocenters. The van der Waals surface area contributed by atoms with Crippen molar-refractivity contribution >= 4 is 11.6 Å². The number of rotatable bonds is 7. The number of aryl methyl sites for hydroxylation is 1. The molecule has 1 heterocycles. The largest absolute Gasteiger partial charge is 0.399 e. The molecule has 2 rings (SSSR count). The number of carbonyl (C=O) groups excluding carboxylic acids is 1. The van der Waals surface area contributed by atoms with Crippen LogP contribution in [0.5, 0.6) is 0 Å². The van der Waals surface area contributed by atoms with Crippen LogP contribution in [-0.4, -0.2) is 37.0 Å². The van der Waals surface area contributed by atoms with Crippen molar-refractivity contribution in [3.8, 4) is 0 Å². The molecule has 1 aliphatic heterocycles. The molecule has 1 aromatic carbocycles. The third-order valence-corrected chi connectivity index (χ3v) is 4.71. The Balaban J connectivity index is 1.59. The third kappa shape index (κ3) is 5.34. The Bertz CT molecular complexity index is 467. The topological polar surface area (TPSA) is 58.4 Å². The molecule has 1 fully saturated rings. The molecule has 1 saturated heterocycles. The lowest BCUT2D eigenvalue weighted by molar-refractivity contribution is -0.121. The molecule has 1 amide bonds. The van der Waals surface area contributed by atoms with E-state index < -0.39 is 0 Å². The molecule has 0 aromatic heterocycles. The molecule has 0 saturated carbocycles. The Morgan fingerprint density at radius 3 is 2.73 bits per heavy atom. The van der Waals surface area contributed by atoms with Gasteiger partial charge in [-0.05, 0) is 62.9 Å². The highest BCUT2D eigenvalue weighted by Crippen LogP contribution is 2.19. The fourth-order valence-corrected chi connectivity index (χ4v) is 3.11. The summed E-state index contributed by atoms with van der Waals surface area (Å²) < 4.78 is 0. The van der Waals surface area contributed by atoms with Crippen LogP contribution in [0.15, 0.2) is 24.3 Å². The van der Waals surface area contributed by atoms with Gasteiger partial charge in [0.2, 0.25) is 5.91 Å². The fourth-order valence-electron chi connectivity index (χ4n) is 3.11. The molecule has 0 atom stereocenters. The standard InChI is InChI=1S/C18H29N3O/c1-2-21-13-10-15(11-14-21)9-12-20-18(22)8-7-16-5-3-4-6-17(16)19/h3-6,15H,2,7-14,19H2,1H3,(H,20,22). The van der Waals surface area contributed by atoms with Crippen LogP contribution in [0.1, 0.15) is 38.2 Å². The second-order valence-corrected chi connectivity index (χ2v) is 6.22. The van der Waals surface area contributed by atoms with E-state index in [-0.39, 0.29) is 5.91 Å². The van der Waals surface area contributed by atoms with Crippen LogP contribution in [0.3, 0.4) is 0 Å². The van der Waals surface area contributed by atoms with Gasteiger partial charge in [-0.1, -0.05) is 25.1 Å². The average Bonchev–Trinajstić information content (AvgIpc) is 2.55. The number of hydrogen-bond acceptors (Lipinski definition) is 3. The molecular formula is C18H29N3O. The number of para-hydroxylation sites is 1. The van der Waals surface area contributed by atoms with Gasteiger partial charge in [-0.3, -0.25) is 4.79 Å². The fraction of sp³-hybridized carbons (Fsp3) is 0.611. The number of amides is 1. The molecule has 0 radical (unpaired) electrons. The minimum atomic E-state index is 0.134. The summed E-state index contributed by atoms with van der Waals surface area (Å²) in [6.45, 7) is 6.61. The quantitative estimate of drug-likeness (QED) is 0.761. The van der Waals surface area contributed by atoms with Gasteiger partial charge in [-0.15, -0.1) is 0 Å². The highest BCUT2D eigenvalue weighted by Gasteiger charge is 2.17. The maximum Gasteiger partial charge on any atom is 0.220 e. The van der Waals surface area contributed by atoms with Crippen LogP contribution in [0.4, 0.5) is 5.69 Å². The molecule has 0 spiro atoms. The van der Waals surface area contributed by atoms with E-state index in [1.54, 1.807) is 0 Å². The molecule has 1 aliphatic rings. The normalized spacial score (nSPS) is 16.6. The van der Waals surface area contributed by atoms with Gasteiger partial charge in [0.25, 0.3) is 0 Å². The number of benzene rings is 1. The molecule has 0 bridgehead atoms. The third-order valence-electron chi connectivity index (χ3n) is 4.71. The Kier molecular flexibility index (Phi) is 6.72. The van der Waals surface area contributed by atoms with E-state index in [9.17, 15) is 4.79 Å². The average molecular weight is 303 g/mol.